The van der Waals surface area contributed by atoms with Crippen LogP contribution in [0.4, 0.5) is 4.39 Å². The van der Waals surface area contributed by atoms with E-state index in [0.717, 1.165) is 26.1 Å². The van der Waals surface area contributed by atoms with Gasteiger partial charge in [-0.15, -0.1) is 0 Å². The number of ether oxygens (including phenoxy) is 1. The Morgan fingerprint density at radius 1 is 1.20 bits per heavy atom. The van der Waals surface area contributed by atoms with Crippen molar-refractivity contribution in [1.29, 1.82) is 0 Å². The SMILES string of the molecule is CCCCF.CCOCC.[H+]. The van der Waals surface area contributed by atoms with E-state index in [9.17, 15) is 4.39 Å². The van der Waals surface area contributed by atoms with Gasteiger partial charge in [0.15, 0.2) is 0 Å². The van der Waals surface area contributed by atoms with Gasteiger partial charge >= 0.3 is 1.43 Å². The van der Waals surface area contributed by atoms with E-state index in [1.54, 1.807) is 0 Å². The van der Waals surface area contributed by atoms with Crippen molar-refractivity contribution in [1.82, 2.24) is 0 Å². The van der Waals surface area contributed by atoms with Gasteiger partial charge in [-0.25, -0.2) is 0 Å². The molecule has 0 rings (SSSR count). The van der Waals surface area contributed by atoms with Crippen LogP contribution in [0.2, 0.25) is 0 Å². The van der Waals surface area contributed by atoms with Crippen LogP contribution in [0, 0.1) is 0 Å². The first kappa shape index (κ1) is 12.6. The fourth-order valence-electron chi connectivity index (χ4n) is 0.338. The van der Waals surface area contributed by atoms with Crippen LogP contribution in [0.25, 0.3) is 0 Å². The van der Waals surface area contributed by atoms with Gasteiger partial charge in [-0.05, 0) is 20.3 Å². The van der Waals surface area contributed by atoms with Gasteiger partial charge in [0, 0.05) is 13.2 Å². The van der Waals surface area contributed by atoms with Gasteiger partial charge in [0.05, 0.1) is 6.67 Å². The Bertz CT molecular complexity index is 35.1. The van der Waals surface area contributed by atoms with E-state index in [1.807, 2.05) is 20.8 Å². The van der Waals surface area contributed by atoms with E-state index in [-0.39, 0.29) is 8.10 Å². The summed E-state index contributed by atoms with van der Waals surface area (Å²) in [6, 6.07) is 0. The Hall–Kier alpha value is -0.110. The van der Waals surface area contributed by atoms with Crippen molar-refractivity contribution in [2.24, 2.45) is 0 Å². The molecule has 0 saturated heterocycles. The normalized spacial score (nSPS) is 8.40. The zero-order valence-electron chi connectivity index (χ0n) is 8.32. The summed E-state index contributed by atoms with van der Waals surface area (Å²) in [6.07, 6.45) is 1.69. The van der Waals surface area contributed by atoms with Crippen LogP contribution in [0.1, 0.15) is 35.0 Å². The Morgan fingerprint density at radius 3 is 1.70 bits per heavy atom. The van der Waals surface area contributed by atoms with Gasteiger partial charge in [0.1, 0.15) is 0 Å². The number of rotatable bonds is 4. The third kappa shape index (κ3) is 24.8. The lowest BCUT2D eigenvalue weighted by Crippen LogP contribution is -1.84. The summed E-state index contributed by atoms with van der Waals surface area (Å²) in [7, 11) is 0. The Kier molecular flexibility index (Phi) is 20.0. The number of unbranched alkanes of at least 4 members (excludes halogenated alkanes) is 1. The van der Waals surface area contributed by atoms with Gasteiger partial charge in [-0.1, -0.05) is 13.3 Å². The molecule has 0 bridgehead atoms. The summed E-state index contributed by atoms with van der Waals surface area (Å²) >= 11 is 0. The van der Waals surface area contributed by atoms with Crippen LogP contribution in [0.3, 0.4) is 0 Å². The van der Waals surface area contributed by atoms with E-state index >= 15 is 0 Å². The number of halogens is 1. The average molecular weight is 151 g/mol. The first-order valence-electron chi connectivity index (χ1n) is 3.97. The molecule has 0 aliphatic heterocycles. The van der Waals surface area contributed by atoms with Crippen molar-refractivity contribution < 1.29 is 10.6 Å². The average Bonchev–Trinajstić information content (AvgIpc) is 1.93. The maximum atomic E-state index is 11.0. The Labute approximate surface area is 65.1 Å². The van der Waals surface area contributed by atoms with Crippen molar-refractivity contribution in [2.75, 3.05) is 19.9 Å². The Balaban J connectivity index is -0.000000107. The molecule has 0 aromatic carbocycles. The highest BCUT2D eigenvalue weighted by Crippen LogP contribution is 1.83. The minimum Gasteiger partial charge on any atom is -0.382 e. The molecule has 0 aromatic heterocycles. The van der Waals surface area contributed by atoms with Crippen LogP contribution in [0.5, 0.6) is 0 Å². The van der Waals surface area contributed by atoms with Crippen LogP contribution in [0.15, 0.2) is 0 Å². The Morgan fingerprint density at radius 2 is 1.70 bits per heavy atom. The van der Waals surface area contributed by atoms with Crippen LogP contribution < -0.4 is 0 Å². The molecule has 0 amide bonds. The molecule has 64 valence electrons. The molecule has 0 fully saturated rings. The fraction of sp³-hybridized carbons (Fsp3) is 1.00. The van der Waals surface area contributed by atoms with Crippen molar-refractivity contribution in [3.05, 3.63) is 0 Å². The third-order valence-electron chi connectivity index (χ3n) is 0.895. The van der Waals surface area contributed by atoms with E-state index < -0.39 is 0 Å². The standard InChI is InChI=1S/C4H9F.C4H10O/c1-2-3-4-5;1-3-5-4-2/h2-4H2,1H3;3-4H2,1-2H3/p+1. The molecule has 0 N–H and O–H groups in total. The van der Waals surface area contributed by atoms with Gasteiger partial charge in [-0.3, -0.25) is 4.39 Å². The minimum absolute atomic E-state index is 0. The topological polar surface area (TPSA) is 9.23 Å². The van der Waals surface area contributed by atoms with E-state index in [2.05, 4.69) is 0 Å². The summed E-state index contributed by atoms with van der Waals surface area (Å²) in [4.78, 5) is 0. The smallest absolute Gasteiger partial charge is 0.382 e. The van der Waals surface area contributed by atoms with Crippen molar-refractivity contribution in [3.8, 4) is 0 Å². The third-order valence-corrected chi connectivity index (χ3v) is 0.895. The zero-order chi connectivity index (χ0) is 8.24. The summed E-state index contributed by atoms with van der Waals surface area (Å²) in [5, 5.41) is 0. The molecule has 0 atom stereocenters. The van der Waals surface area contributed by atoms with E-state index in [0.29, 0.717) is 0 Å². The molecule has 0 aromatic rings. The molecule has 0 aliphatic carbocycles. The highest BCUT2D eigenvalue weighted by molar-refractivity contribution is 4.23. The lowest BCUT2D eigenvalue weighted by molar-refractivity contribution is 0.162. The fourth-order valence-corrected chi connectivity index (χ4v) is 0.338. The molecule has 10 heavy (non-hydrogen) atoms. The molecule has 0 radical (unpaired) electrons. The first-order valence-corrected chi connectivity index (χ1v) is 3.97. The molecule has 0 spiro atoms. The van der Waals surface area contributed by atoms with Crippen LogP contribution in [-0.4, -0.2) is 19.9 Å². The van der Waals surface area contributed by atoms with Gasteiger partial charge in [0.2, 0.25) is 0 Å². The molecular weight excluding hydrogens is 131 g/mol. The number of hydrogen-bond donors (Lipinski definition) is 0. The predicted octanol–water partition coefficient (Wildman–Crippen LogP) is 2.91. The summed E-state index contributed by atoms with van der Waals surface area (Å²) in [6.45, 7) is 7.48. The molecule has 2 heteroatoms. The summed E-state index contributed by atoms with van der Waals surface area (Å²) < 4.78 is 15.8. The minimum atomic E-state index is -0.156. The second-order valence-electron chi connectivity index (χ2n) is 1.82. The van der Waals surface area contributed by atoms with Crippen LogP contribution >= 0.6 is 0 Å². The van der Waals surface area contributed by atoms with E-state index in [1.165, 1.54) is 0 Å². The quantitative estimate of drug-likeness (QED) is 0.600. The number of alkyl halides is 1. The monoisotopic (exact) mass is 151 g/mol. The molecular formula is C8H20FO+. The van der Waals surface area contributed by atoms with Crippen LogP contribution in [-0.2, 0) is 4.74 Å². The van der Waals surface area contributed by atoms with E-state index in [4.69, 9.17) is 4.74 Å². The maximum absolute atomic E-state index is 11.0. The van der Waals surface area contributed by atoms with Gasteiger partial charge < -0.3 is 4.74 Å². The lowest BCUT2D eigenvalue weighted by atomic mass is 10.4. The number of hydrogen-bond acceptors (Lipinski definition) is 1. The van der Waals surface area contributed by atoms with Gasteiger partial charge in [-0.2, -0.15) is 0 Å². The second kappa shape index (κ2) is 16.0. The predicted molar refractivity (Wildman–Crippen MR) is 44.2 cm³/mol. The van der Waals surface area contributed by atoms with Crippen molar-refractivity contribution >= 4 is 0 Å². The summed E-state index contributed by atoms with van der Waals surface area (Å²) in [5.41, 5.74) is 0. The van der Waals surface area contributed by atoms with Crippen molar-refractivity contribution in [3.63, 3.8) is 0 Å². The maximum Gasteiger partial charge on any atom is 1.00 e. The molecule has 0 unspecified atom stereocenters. The highest BCUT2D eigenvalue weighted by atomic mass is 19.1. The molecule has 0 aliphatic rings. The van der Waals surface area contributed by atoms with Crippen molar-refractivity contribution in [2.45, 2.75) is 33.6 Å². The molecule has 0 saturated carbocycles. The summed E-state index contributed by atoms with van der Waals surface area (Å²) in [5.74, 6) is 0. The second-order valence-corrected chi connectivity index (χ2v) is 1.82. The molecule has 0 heterocycles. The van der Waals surface area contributed by atoms with Gasteiger partial charge in [0.25, 0.3) is 0 Å². The highest BCUT2D eigenvalue weighted by Gasteiger charge is 1.71. The first-order chi connectivity index (χ1) is 4.83. The largest absolute Gasteiger partial charge is 1.00 e. The zero-order valence-corrected chi connectivity index (χ0v) is 7.32. The molecule has 1 nitrogen and oxygen atoms in total. The lowest BCUT2D eigenvalue weighted by Gasteiger charge is -1.86.